The molecule has 0 spiro atoms. The lowest BCUT2D eigenvalue weighted by Gasteiger charge is -2.09. The van der Waals surface area contributed by atoms with Crippen LogP contribution in [0, 0.1) is 0 Å². The second-order valence-electron chi connectivity index (χ2n) is 5.20. The molecule has 0 aromatic heterocycles. The van der Waals surface area contributed by atoms with Crippen LogP contribution in [0.5, 0.6) is 0 Å². The molecule has 7 heteroatoms. The Morgan fingerprint density at radius 3 is 2.62 bits per heavy atom. The van der Waals surface area contributed by atoms with Crippen molar-refractivity contribution in [3.05, 3.63) is 47.5 Å². The lowest BCUT2D eigenvalue weighted by Crippen LogP contribution is -2.29. The summed E-state index contributed by atoms with van der Waals surface area (Å²) in [4.78, 5) is 48.7. The van der Waals surface area contributed by atoms with Gasteiger partial charge in [-0.1, -0.05) is 13.0 Å². The highest BCUT2D eigenvalue weighted by Gasteiger charge is 2.35. The molecule has 7 nitrogen and oxygen atoms in total. The largest absolute Gasteiger partial charge is 0.452 e. The summed E-state index contributed by atoms with van der Waals surface area (Å²) in [5, 5.41) is 2.58. The van der Waals surface area contributed by atoms with Gasteiger partial charge in [-0.25, -0.2) is 4.79 Å². The van der Waals surface area contributed by atoms with E-state index in [4.69, 9.17) is 4.74 Å². The Morgan fingerprint density at radius 1 is 1.25 bits per heavy atom. The van der Waals surface area contributed by atoms with Gasteiger partial charge in [-0.15, -0.1) is 6.58 Å². The number of ether oxygens (including phenoxy) is 1. The van der Waals surface area contributed by atoms with E-state index in [1.165, 1.54) is 24.3 Å². The molecule has 1 heterocycles. The predicted octanol–water partition coefficient (Wildman–Crippen LogP) is 1.15. The monoisotopic (exact) mass is 330 g/mol. The summed E-state index contributed by atoms with van der Waals surface area (Å²) in [5.41, 5.74) is 0.490. The third-order valence-corrected chi connectivity index (χ3v) is 3.42. The highest BCUT2D eigenvalue weighted by molar-refractivity contribution is 6.22. The van der Waals surface area contributed by atoms with E-state index in [0.29, 0.717) is 6.54 Å². The van der Waals surface area contributed by atoms with Gasteiger partial charge >= 0.3 is 5.97 Å². The average molecular weight is 330 g/mol. The van der Waals surface area contributed by atoms with Crippen LogP contribution in [-0.4, -0.2) is 48.3 Å². The third kappa shape index (κ3) is 3.51. The smallest absolute Gasteiger partial charge is 0.338 e. The lowest BCUT2D eigenvalue weighted by molar-refractivity contribution is -0.124. The summed E-state index contributed by atoms with van der Waals surface area (Å²) in [6.07, 6.45) is 2.23. The molecule has 1 N–H and O–H groups in total. The van der Waals surface area contributed by atoms with Crippen LogP contribution in [0.25, 0.3) is 0 Å². The van der Waals surface area contributed by atoms with Crippen molar-refractivity contribution in [3.63, 3.8) is 0 Å². The number of hydrogen-bond donors (Lipinski definition) is 1. The van der Waals surface area contributed by atoms with Crippen molar-refractivity contribution >= 4 is 23.7 Å². The van der Waals surface area contributed by atoms with E-state index in [0.717, 1.165) is 11.3 Å². The molecule has 0 aliphatic carbocycles. The summed E-state index contributed by atoms with van der Waals surface area (Å²) in [6.45, 7) is 5.62. The van der Waals surface area contributed by atoms with Crippen LogP contribution < -0.4 is 5.32 Å². The topological polar surface area (TPSA) is 92.8 Å². The van der Waals surface area contributed by atoms with Crippen LogP contribution in [0.15, 0.2) is 30.9 Å². The van der Waals surface area contributed by atoms with E-state index >= 15 is 0 Å². The van der Waals surface area contributed by atoms with Crippen molar-refractivity contribution in [3.8, 4) is 0 Å². The summed E-state index contributed by atoms with van der Waals surface area (Å²) in [5.74, 6) is -2.03. The van der Waals surface area contributed by atoms with Gasteiger partial charge in [-0.05, 0) is 24.6 Å². The van der Waals surface area contributed by atoms with Crippen molar-refractivity contribution in [2.24, 2.45) is 0 Å². The van der Waals surface area contributed by atoms with Crippen molar-refractivity contribution in [1.82, 2.24) is 10.2 Å². The van der Waals surface area contributed by atoms with Crippen molar-refractivity contribution in [1.29, 1.82) is 0 Å². The normalized spacial score (nSPS) is 12.8. The zero-order valence-corrected chi connectivity index (χ0v) is 13.3. The highest BCUT2D eigenvalue weighted by atomic mass is 16.5. The maximum absolute atomic E-state index is 12.2. The predicted molar refractivity (Wildman–Crippen MR) is 85.6 cm³/mol. The Labute approximate surface area is 139 Å². The van der Waals surface area contributed by atoms with Gasteiger partial charge < -0.3 is 10.1 Å². The van der Waals surface area contributed by atoms with Gasteiger partial charge in [0.2, 0.25) is 0 Å². The van der Waals surface area contributed by atoms with Crippen molar-refractivity contribution in [2.75, 3.05) is 19.7 Å². The van der Waals surface area contributed by atoms with Gasteiger partial charge in [0, 0.05) is 13.1 Å². The fourth-order valence-corrected chi connectivity index (χ4v) is 2.24. The first-order valence-electron chi connectivity index (χ1n) is 7.54. The van der Waals surface area contributed by atoms with Gasteiger partial charge in [0.15, 0.2) is 6.61 Å². The Bertz CT molecular complexity index is 711. The summed E-state index contributed by atoms with van der Waals surface area (Å²) < 4.78 is 4.91. The van der Waals surface area contributed by atoms with Crippen molar-refractivity contribution in [2.45, 2.75) is 13.3 Å². The van der Waals surface area contributed by atoms with Gasteiger partial charge in [0.1, 0.15) is 0 Å². The van der Waals surface area contributed by atoms with Gasteiger partial charge in [0.05, 0.1) is 16.7 Å². The number of imide groups is 1. The first-order valence-corrected chi connectivity index (χ1v) is 7.54. The van der Waals surface area contributed by atoms with E-state index < -0.39 is 30.3 Å². The molecule has 126 valence electrons. The maximum Gasteiger partial charge on any atom is 0.338 e. The number of esters is 1. The molecule has 3 amide bonds. The maximum atomic E-state index is 12.2. The molecule has 0 fully saturated rings. The minimum Gasteiger partial charge on any atom is -0.452 e. The number of carbonyl (C=O) groups is 4. The van der Waals surface area contributed by atoms with Crippen LogP contribution in [0.4, 0.5) is 0 Å². The standard InChI is InChI=1S/C17H18N2O5/c1-3-7-18-14(20)10-24-17(23)11-5-6-12-13(9-11)16(22)19(8-4-2)15(12)21/h4-6,9H,2-3,7-8,10H2,1H3,(H,18,20). The molecule has 1 aliphatic rings. The fourth-order valence-electron chi connectivity index (χ4n) is 2.24. The second-order valence-corrected chi connectivity index (χ2v) is 5.20. The Kier molecular flexibility index (Phi) is 5.47. The van der Waals surface area contributed by atoms with Crippen LogP contribution in [0.1, 0.15) is 44.4 Å². The molecule has 0 unspecified atom stereocenters. The molecule has 0 saturated carbocycles. The fraction of sp³-hybridized carbons (Fsp3) is 0.294. The van der Waals surface area contributed by atoms with Gasteiger partial charge in [-0.2, -0.15) is 0 Å². The van der Waals surface area contributed by atoms with Gasteiger partial charge in [-0.3, -0.25) is 19.3 Å². The molecule has 0 atom stereocenters. The molecule has 0 radical (unpaired) electrons. The Hall–Kier alpha value is -2.96. The summed E-state index contributed by atoms with van der Waals surface area (Å²) in [7, 11) is 0. The number of nitrogens with one attached hydrogen (secondary N) is 1. The van der Waals surface area contributed by atoms with E-state index in [1.807, 2.05) is 6.92 Å². The number of fused-ring (bicyclic) bond motifs is 1. The quantitative estimate of drug-likeness (QED) is 0.460. The molecule has 24 heavy (non-hydrogen) atoms. The highest BCUT2D eigenvalue weighted by Crippen LogP contribution is 2.24. The molecule has 1 aromatic rings. The third-order valence-electron chi connectivity index (χ3n) is 3.42. The first-order chi connectivity index (χ1) is 11.5. The van der Waals surface area contributed by atoms with Gasteiger partial charge in [0.25, 0.3) is 17.7 Å². The average Bonchev–Trinajstić information content (AvgIpc) is 2.82. The molecule has 1 aliphatic heterocycles. The molecule has 0 bridgehead atoms. The Balaban J connectivity index is 2.08. The zero-order valence-electron chi connectivity index (χ0n) is 13.3. The molecule has 1 aromatic carbocycles. The summed E-state index contributed by atoms with van der Waals surface area (Å²) in [6, 6.07) is 4.12. The Morgan fingerprint density at radius 2 is 1.96 bits per heavy atom. The van der Waals surface area contributed by atoms with E-state index in [1.54, 1.807) is 0 Å². The zero-order chi connectivity index (χ0) is 17.7. The number of hydrogen-bond acceptors (Lipinski definition) is 5. The lowest BCUT2D eigenvalue weighted by atomic mass is 10.1. The van der Waals surface area contributed by atoms with E-state index in [-0.39, 0.29) is 23.2 Å². The SMILES string of the molecule is C=CCN1C(=O)c2ccc(C(=O)OCC(=O)NCCC)cc2C1=O. The second kappa shape index (κ2) is 7.54. The molecule has 2 rings (SSSR count). The number of carbonyl (C=O) groups excluding carboxylic acids is 4. The van der Waals surface area contributed by atoms with Crippen LogP contribution in [-0.2, 0) is 9.53 Å². The van der Waals surface area contributed by atoms with Crippen molar-refractivity contribution < 1.29 is 23.9 Å². The number of benzene rings is 1. The number of nitrogens with zero attached hydrogens (tertiary/aromatic N) is 1. The minimum absolute atomic E-state index is 0.101. The molecular weight excluding hydrogens is 312 g/mol. The number of amides is 3. The van der Waals surface area contributed by atoms with E-state index in [9.17, 15) is 19.2 Å². The minimum atomic E-state index is -0.730. The summed E-state index contributed by atoms with van der Waals surface area (Å²) >= 11 is 0. The molecule has 0 saturated heterocycles. The van der Waals surface area contributed by atoms with Crippen LogP contribution in [0.3, 0.4) is 0 Å². The number of rotatable bonds is 7. The van der Waals surface area contributed by atoms with Crippen LogP contribution in [0.2, 0.25) is 0 Å². The van der Waals surface area contributed by atoms with Crippen LogP contribution >= 0.6 is 0 Å². The first kappa shape index (κ1) is 17.4. The molecular formula is C17H18N2O5. The van der Waals surface area contributed by atoms with E-state index in [2.05, 4.69) is 11.9 Å².